The molecule has 0 spiro atoms. The Balaban J connectivity index is 1.51. The number of thiazole rings is 1. The molecule has 2 heterocycles. The molecule has 0 unspecified atom stereocenters. The molecule has 2 aromatic heterocycles. The van der Waals surface area contributed by atoms with Crippen molar-refractivity contribution in [3.8, 4) is 0 Å². The largest absolute Gasteiger partial charge is 0.456 e. The summed E-state index contributed by atoms with van der Waals surface area (Å²) in [6, 6.07) is 16.4. The minimum absolute atomic E-state index is 0.0450. The SMILES string of the molecule is CCN(CC)c1ccc(C(=O)OCc2cc(=O)n3c(n2)sc2ccccc23)cc1. The molecule has 6 nitrogen and oxygen atoms in total. The number of hydrogen-bond acceptors (Lipinski definition) is 6. The van der Waals surface area contributed by atoms with Gasteiger partial charge in [0.15, 0.2) is 4.96 Å². The van der Waals surface area contributed by atoms with Gasteiger partial charge in [-0.2, -0.15) is 0 Å². The minimum atomic E-state index is -0.436. The third kappa shape index (κ3) is 3.73. The fraction of sp³-hybridized carbons (Fsp3) is 0.227. The summed E-state index contributed by atoms with van der Waals surface area (Å²) in [6.07, 6.45) is 0. The second-order valence-electron chi connectivity index (χ2n) is 6.57. The van der Waals surface area contributed by atoms with E-state index >= 15 is 0 Å². The summed E-state index contributed by atoms with van der Waals surface area (Å²) in [7, 11) is 0. The Morgan fingerprint density at radius 3 is 2.55 bits per heavy atom. The summed E-state index contributed by atoms with van der Waals surface area (Å²) in [5, 5.41) is 0. The standard InChI is InChI=1S/C22H21N3O3S/c1-3-24(4-2)17-11-9-15(10-12-17)21(27)28-14-16-13-20(26)25-18-7-5-6-8-19(18)29-22(25)23-16/h5-13H,3-4,14H2,1-2H3. The summed E-state index contributed by atoms with van der Waals surface area (Å²) >= 11 is 1.44. The maximum Gasteiger partial charge on any atom is 0.338 e. The van der Waals surface area contributed by atoms with Gasteiger partial charge in [0.25, 0.3) is 5.56 Å². The van der Waals surface area contributed by atoms with Gasteiger partial charge in [0.1, 0.15) is 6.61 Å². The number of aromatic nitrogens is 2. The lowest BCUT2D eigenvalue weighted by Crippen LogP contribution is -2.21. The zero-order valence-electron chi connectivity index (χ0n) is 16.3. The van der Waals surface area contributed by atoms with Crippen LogP contribution in [0.25, 0.3) is 15.2 Å². The number of anilines is 1. The number of benzene rings is 2. The molecule has 0 saturated heterocycles. The highest BCUT2D eigenvalue weighted by atomic mass is 32.1. The predicted octanol–water partition coefficient (Wildman–Crippen LogP) is 4.11. The molecule has 0 bridgehead atoms. The number of rotatable bonds is 6. The maximum absolute atomic E-state index is 12.5. The van der Waals surface area contributed by atoms with Crippen LogP contribution in [0.5, 0.6) is 0 Å². The Morgan fingerprint density at radius 2 is 1.83 bits per heavy atom. The van der Waals surface area contributed by atoms with Gasteiger partial charge in [0.05, 0.1) is 21.5 Å². The third-order valence-corrected chi connectivity index (χ3v) is 5.85. The van der Waals surface area contributed by atoms with Gasteiger partial charge < -0.3 is 9.64 Å². The molecule has 0 atom stereocenters. The van der Waals surface area contributed by atoms with Crippen LogP contribution in [0.1, 0.15) is 29.9 Å². The summed E-state index contributed by atoms with van der Waals surface area (Å²) in [4.78, 5) is 32.2. The van der Waals surface area contributed by atoms with E-state index in [1.165, 1.54) is 17.4 Å². The van der Waals surface area contributed by atoms with Gasteiger partial charge in [-0.1, -0.05) is 23.5 Å². The summed E-state index contributed by atoms with van der Waals surface area (Å²) in [6.45, 7) is 5.95. The average molecular weight is 407 g/mol. The first-order chi connectivity index (χ1) is 14.1. The zero-order valence-corrected chi connectivity index (χ0v) is 17.1. The number of ether oxygens (including phenoxy) is 1. The number of esters is 1. The number of carbonyl (C=O) groups is 1. The first kappa shape index (κ1) is 19.1. The van der Waals surface area contributed by atoms with Crippen molar-refractivity contribution in [2.75, 3.05) is 18.0 Å². The maximum atomic E-state index is 12.5. The van der Waals surface area contributed by atoms with E-state index in [1.807, 2.05) is 36.4 Å². The highest BCUT2D eigenvalue weighted by Gasteiger charge is 2.12. The zero-order chi connectivity index (χ0) is 20.4. The summed E-state index contributed by atoms with van der Waals surface area (Å²) in [5.41, 5.74) is 2.63. The molecule has 0 aliphatic rings. The lowest BCUT2D eigenvalue weighted by molar-refractivity contribution is 0.0468. The van der Waals surface area contributed by atoms with Crippen LogP contribution in [-0.2, 0) is 11.3 Å². The molecular formula is C22H21N3O3S. The van der Waals surface area contributed by atoms with Crippen LogP contribution in [0.2, 0.25) is 0 Å². The van der Waals surface area contributed by atoms with Gasteiger partial charge in [0, 0.05) is 24.8 Å². The van der Waals surface area contributed by atoms with E-state index in [0.29, 0.717) is 16.2 Å². The first-order valence-electron chi connectivity index (χ1n) is 9.53. The molecule has 2 aromatic carbocycles. The number of para-hydroxylation sites is 1. The van der Waals surface area contributed by atoms with Gasteiger partial charge in [-0.15, -0.1) is 0 Å². The molecule has 148 valence electrons. The van der Waals surface area contributed by atoms with Crippen molar-refractivity contribution < 1.29 is 9.53 Å². The van der Waals surface area contributed by atoms with Crippen molar-refractivity contribution in [2.24, 2.45) is 0 Å². The van der Waals surface area contributed by atoms with Crippen molar-refractivity contribution in [2.45, 2.75) is 20.5 Å². The number of fused-ring (bicyclic) bond motifs is 3. The average Bonchev–Trinajstić information content (AvgIpc) is 3.12. The lowest BCUT2D eigenvalue weighted by atomic mass is 10.2. The van der Waals surface area contributed by atoms with Gasteiger partial charge in [-0.25, -0.2) is 9.78 Å². The highest BCUT2D eigenvalue weighted by molar-refractivity contribution is 7.23. The van der Waals surface area contributed by atoms with E-state index in [2.05, 4.69) is 23.7 Å². The second kappa shape index (κ2) is 8.05. The van der Waals surface area contributed by atoms with Gasteiger partial charge in [-0.3, -0.25) is 9.20 Å². The Kier molecular flexibility index (Phi) is 5.31. The van der Waals surface area contributed by atoms with E-state index in [0.717, 1.165) is 29.0 Å². The van der Waals surface area contributed by atoms with Crippen molar-refractivity contribution in [1.29, 1.82) is 0 Å². The summed E-state index contributed by atoms with van der Waals surface area (Å²) < 4.78 is 7.95. The molecule has 29 heavy (non-hydrogen) atoms. The molecule has 0 N–H and O–H groups in total. The van der Waals surface area contributed by atoms with Gasteiger partial charge in [0.2, 0.25) is 0 Å². The molecule has 0 saturated carbocycles. The minimum Gasteiger partial charge on any atom is -0.456 e. The molecule has 0 fully saturated rings. The van der Waals surface area contributed by atoms with Crippen molar-refractivity contribution in [3.05, 3.63) is 76.2 Å². The molecule has 0 radical (unpaired) electrons. The van der Waals surface area contributed by atoms with E-state index < -0.39 is 5.97 Å². The molecule has 4 rings (SSSR count). The third-order valence-electron chi connectivity index (χ3n) is 4.83. The molecule has 0 aliphatic heterocycles. The highest BCUT2D eigenvalue weighted by Crippen LogP contribution is 2.23. The number of hydrogen-bond donors (Lipinski definition) is 0. The van der Waals surface area contributed by atoms with Crippen LogP contribution < -0.4 is 10.5 Å². The Labute approximate surface area is 172 Å². The van der Waals surface area contributed by atoms with Crippen molar-refractivity contribution >= 4 is 38.2 Å². The van der Waals surface area contributed by atoms with E-state index in [9.17, 15) is 9.59 Å². The smallest absolute Gasteiger partial charge is 0.338 e. The van der Waals surface area contributed by atoms with Crippen LogP contribution in [-0.4, -0.2) is 28.4 Å². The summed E-state index contributed by atoms with van der Waals surface area (Å²) in [5.74, 6) is -0.436. The first-order valence-corrected chi connectivity index (χ1v) is 10.3. The monoisotopic (exact) mass is 407 g/mol. The van der Waals surface area contributed by atoms with Gasteiger partial charge >= 0.3 is 5.97 Å². The number of carbonyl (C=O) groups excluding carboxylic acids is 1. The Hall–Kier alpha value is -3.19. The Bertz CT molecular complexity index is 1220. The molecular weight excluding hydrogens is 386 g/mol. The van der Waals surface area contributed by atoms with Gasteiger partial charge in [-0.05, 0) is 50.2 Å². The molecule has 4 aromatic rings. The quantitative estimate of drug-likeness (QED) is 0.450. The molecule has 0 amide bonds. The molecule has 7 heteroatoms. The fourth-order valence-corrected chi connectivity index (χ4v) is 4.37. The molecule has 0 aliphatic carbocycles. The van der Waals surface area contributed by atoms with Crippen molar-refractivity contribution in [3.63, 3.8) is 0 Å². The number of nitrogens with zero attached hydrogens (tertiary/aromatic N) is 3. The van der Waals surface area contributed by atoms with Crippen LogP contribution >= 0.6 is 11.3 Å². The van der Waals surface area contributed by atoms with Crippen LogP contribution in [0.3, 0.4) is 0 Å². The van der Waals surface area contributed by atoms with Crippen molar-refractivity contribution in [1.82, 2.24) is 9.38 Å². The topological polar surface area (TPSA) is 63.9 Å². The van der Waals surface area contributed by atoms with E-state index in [-0.39, 0.29) is 12.2 Å². The predicted molar refractivity (Wildman–Crippen MR) is 116 cm³/mol. The van der Waals surface area contributed by atoms with E-state index in [4.69, 9.17) is 4.74 Å². The lowest BCUT2D eigenvalue weighted by Gasteiger charge is -2.20. The second-order valence-corrected chi connectivity index (χ2v) is 7.58. The van der Waals surface area contributed by atoms with Crippen LogP contribution in [0, 0.1) is 0 Å². The van der Waals surface area contributed by atoms with E-state index in [1.54, 1.807) is 16.5 Å². The van der Waals surface area contributed by atoms with Crippen LogP contribution in [0.4, 0.5) is 5.69 Å². The Morgan fingerprint density at radius 1 is 1.10 bits per heavy atom. The van der Waals surface area contributed by atoms with Crippen LogP contribution in [0.15, 0.2) is 59.4 Å². The fourth-order valence-electron chi connectivity index (χ4n) is 3.32. The normalized spacial score (nSPS) is 11.1.